The minimum Gasteiger partial charge on any atom is -0.336 e. The predicted octanol–water partition coefficient (Wildman–Crippen LogP) is 3.43. The number of hydrogen-bond donors (Lipinski definition) is 3. The predicted molar refractivity (Wildman–Crippen MR) is 129 cm³/mol. The lowest BCUT2D eigenvalue weighted by molar-refractivity contribution is -0.121. The summed E-state index contributed by atoms with van der Waals surface area (Å²) in [6, 6.07) is 16.3. The average molecular weight is 450 g/mol. The van der Waals surface area contributed by atoms with Gasteiger partial charge in [0.2, 0.25) is 11.8 Å². The Morgan fingerprint density at radius 3 is 2.64 bits per heavy atom. The first-order chi connectivity index (χ1) is 16.0. The SMILES string of the molecule is CC1CC(=O)Nc2ccccc2N1C(=O)CN1CCCCC1CNC(=O)Nc1ccccc1. The van der Waals surface area contributed by atoms with Crippen LogP contribution in [0.5, 0.6) is 0 Å². The van der Waals surface area contributed by atoms with E-state index in [-0.39, 0.29) is 42.9 Å². The monoisotopic (exact) mass is 449 g/mol. The Morgan fingerprint density at radius 2 is 1.82 bits per heavy atom. The van der Waals surface area contributed by atoms with Gasteiger partial charge in [0.15, 0.2) is 0 Å². The fourth-order valence-electron chi connectivity index (χ4n) is 4.62. The average Bonchev–Trinajstić information content (AvgIpc) is 2.93. The second-order valence-corrected chi connectivity index (χ2v) is 8.70. The van der Waals surface area contributed by atoms with Crippen molar-refractivity contribution in [3.8, 4) is 0 Å². The summed E-state index contributed by atoms with van der Waals surface area (Å²) in [5, 5.41) is 8.69. The molecular weight excluding hydrogens is 418 g/mol. The number of likely N-dealkylation sites (tertiary alicyclic amines) is 1. The topological polar surface area (TPSA) is 93.8 Å². The van der Waals surface area contributed by atoms with Crippen molar-refractivity contribution < 1.29 is 14.4 Å². The quantitative estimate of drug-likeness (QED) is 0.652. The molecule has 4 amide bonds. The maximum absolute atomic E-state index is 13.5. The number of para-hydroxylation sites is 3. The molecule has 33 heavy (non-hydrogen) atoms. The molecule has 2 aromatic rings. The Balaban J connectivity index is 1.40. The molecule has 1 saturated heterocycles. The van der Waals surface area contributed by atoms with Crippen molar-refractivity contribution in [1.82, 2.24) is 10.2 Å². The van der Waals surface area contributed by atoms with E-state index in [1.165, 1.54) is 0 Å². The van der Waals surface area contributed by atoms with Gasteiger partial charge in [0.25, 0.3) is 0 Å². The standard InChI is InChI=1S/C25H31N5O3/c1-18-15-23(31)28-21-12-5-6-13-22(21)30(18)24(32)17-29-14-8-7-11-20(29)16-26-25(33)27-19-9-3-2-4-10-19/h2-6,9-10,12-13,18,20H,7-8,11,14-17H2,1H3,(H,28,31)(H2,26,27,33). The van der Waals surface area contributed by atoms with Gasteiger partial charge in [-0.2, -0.15) is 0 Å². The number of carbonyl (C=O) groups is 3. The summed E-state index contributed by atoms with van der Waals surface area (Å²) in [5.41, 5.74) is 2.13. The molecule has 2 unspecified atom stereocenters. The minimum atomic E-state index is -0.252. The van der Waals surface area contributed by atoms with E-state index >= 15 is 0 Å². The van der Waals surface area contributed by atoms with Crippen LogP contribution in [0, 0.1) is 0 Å². The van der Waals surface area contributed by atoms with Crippen molar-refractivity contribution in [3.05, 3.63) is 54.6 Å². The number of fused-ring (bicyclic) bond motifs is 1. The Labute approximate surface area is 194 Å². The first-order valence-electron chi connectivity index (χ1n) is 11.6. The second kappa shape index (κ2) is 10.5. The molecule has 2 atom stereocenters. The molecule has 3 N–H and O–H groups in total. The number of nitrogens with zero attached hydrogens (tertiary/aromatic N) is 2. The van der Waals surface area contributed by atoms with E-state index in [1.807, 2.05) is 61.5 Å². The van der Waals surface area contributed by atoms with Crippen LogP contribution in [0.2, 0.25) is 0 Å². The summed E-state index contributed by atoms with van der Waals surface area (Å²) in [7, 11) is 0. The Hall–Kier alpha value is -3.39. The van der Waals surface area contributed by atoms with Crippen molar-refractivity contribution in [2.24, 2.45) is 0 Å². The van der Waals surface area contributed by atoms with Gasteiger partial charge in [0, 0.05) is 30.7 Å². The van der Waals surface area contributed by atoms with E-state index in [0.717, 1.165) is 37.2 Å². The summed E-state index contributed by atoms with van der Waals surface area (Å²) in [5.74, 6) is -0.123. The largest absolute Gasteiger partial charge is 0.336 e. The van der Waals surface area contributed by atoms with E-state index in [2.05, 4.69) is 20.9 Å². The van der Waals surface area contributed by atoms with Crippen molar-refractivity contribution in [2.45, 2.75) is 44.7 Å². The smallest absolute Gasteiger partial charge is 0.319 e. The van der Waals surface area contributed by atoms with Gasteiger partial charge in [-0.15, -0.1) is 0 Å². The third-order valence-corrected chi connectivity index (χ3v) is 6.25. The van der Waals surface area contributed by atoms with Crippen LogP contribution < -0.4 is 20.9 Å². The van der Waals surface area contributed by atoms with Crippen molar-refractivity contribution in [3.63, 3.8) is 0 Å². The van der Waals surface area contributed by atoms with Crippen LogP contribution in [-0.2, 0) is 9.59 Å². The first-order valence-corrected chi connectivity index (χ1v) is 11.6. The molecule has 2 aromatic carbocycles. The summed E-state index contributed by atoms with van der Waals surface area (Å²) in [4.78, 5) is 41.9. The molecule has 8 heteroatoms. The summed E-state index contributed by atoms with van der Waals surface area (Å²) in [6.07, 6.45) is 3.26. The number of carbonyl (C=O) groups excluding carboxylic acids is 3. The van der Waals surface area contributed by atoms with Crippen LogP contribution in [0.1, 0.15) is 32.6 Å². The second-order valence-electron chi connectivity index (χ2n) is 8.70. The fraction of sp³-hybridized carbons (Fsp3) is 0.400. The number of benzene rings is 2. The normalized spacial score (nSPS) is 20.9. The number of anilines is 3. The molecule has 0 aromatic heterocycles. The zero-order valence-corrected chi connectivity index (χ0v) is 18.9. The molecule has 1 fully saturated rings. The molecule has 0 radical (unpaired) electrons. The molecule has 2 heterocycles. The van der Waals surface area contributed by atoms with Crippen LogP contribution in [0.3, 0.4) is 0 Å². The highest BCUT2D eigenvalue weighted by Crippen LogP contribution is 2.31. The maximum atomic E-state index is 13.5. The van der Waals surface area contributed by atoms with Gasteiger partial charge < -0.3 is 20.9 Å². The highest BCUT2D eigenvalue weighted by Gasteiger charge is 2.32. The number of amides is 4. The Morgan fingerprint density at radius 1 is 1.06 bits per heavy atom. The molecule has 4 rings (SSSR count). The molecule has 0 bridgehead atoms. The lowest BCUT2D eigenvalue weighted by Crippen LogP contribution is -2.52. The van der Waals surface area contributed by atoms with Crippen LogP contribution in [0.4, 0.5) is 21.9 Å². The molecule has 2 aliphatic rings. The first kappa shape index (κ1) is 22.8. The van der Waals surface area contributed by atoms with Gasteiger partial charge in [-0.1, -0.05) is 36.8 Å². The summed E-state index contributed by atoms with van der Waals surface area (Å²) >= 11 is 0. The Kier molecular flexibility index (Phi) is 7.24. The minimum absolute atomic E-state index is 0.0351. The van der Waals surface area contributed by atoms with Gasteiger partial charge in [-0.3, -0.25) is 14.5 Å². The number of nitrogens with one attached hydrogen (secondary N) is 3. The lowest BCUT2D eigenvalue weighted by atomic mass is 10.0. The van der Waals surface area contributed by atoms with Gasteiger partial charge >= 0.3 is 6.03 Å². The molecule has 0 saturated carbocycles. The van der Waals surface area contributed by atoms with Crippen molar-refractivity contribution in [2.75, 3.05) is 35.2 Å². The van der Waals surface area contributed by atoms with Crippen molar-refractivity contribution >= 4 is 34.9 Å². The molecule has 0 aliphatic carbocycles. The van der Waals surface area contributed by atoms with Crippen LogP contribution >= 0.6 is 0 Å². The highest BCUT2D eigenvalue weighted by atomic mass is 16.2. The molecule has 0 spiro atoms. The molecular formula is C25H31N5O3. The van der Waals surface area contributed by atoms with Crippen LogP contribution in [0.25, 0.3) is 0 Å². The maximum Gasteiger partial charge on any atom is 0.319 e. The van der Waals surface area contributed by atoms with E-state index in [0.29, 0.717) is 12.2 Å². The molecule has 2 aliphatic heterocycles. The van der Waals surface area contributed by atoms with Gasteiger partial charge in [0.05, 0.1) is 17.9 Å². The fourth-order valence-corrected chi connectivity index (χ4v) is 4.62. The van der Waals surface area contributed by atoms with E-state index in [4.69, 9.17) is 0 Å². The van der Waals surface area contributed by atoms with Gasteiger partial charge in [0.1, 0.15) is 0 Å². The number of piperidine rings is 1. The zero-order valence-electron chi connectivity index (χ0n) is 18.9. The van der Waals surface area contributed by atoms with Gasteiger partial charge in [-0.25, -0.2) is 4.79 Å². The third-order valence-electron chi connectivity index (χ3n) is 6.25. The van der Waals surface area contributed by atoms with E-state index in [1.54, 1.807) is 4.90 Å². The van der Waals surface area contributed by atoms with Crippen molar-refractivity contribution in [1.29, 1.82) is 0 Å². The molecule has 8 nitrogen and oxygen atoms in total. The summed E-state index contributed by atoms with van der Waals surface area (Å²) < 4.78 is 0. The molecule has 174 valence electrons. The number of rotatable bonds is 5. The van der Waals surface area contributed by atoms with E-state index < -0.39 is 0 Å². The summed E-state index contributed by atoms with van der Waals surface area (Å²) in [6.45, 7) is 3.43. The van der Waals surface area contributed by atoms with Gasteiger partial charge in [-0.05, 0) is 50.6 Å². The van der Waals surface area contributed by atoms with E-state index in [9.17, 15) is 14.4 Å². The lowest BCUT2D eigenvalue weighted by Gasteiger charge is -2.37. The highest BCUT2D eigenvalue weighted by molar-refractivity contribution is 6.05. The van der Waals surface area contributed by atoms with Crippen LogP contribution in [-0.4, -0.2) is 54.5 Å². The zero-order chi connectivity index (χ0) is 23.2. The number of urea groups is 1. The van der Waals surface area contributed by atoms with Crippen LogP contribution in [0.15, 0.2) is 54.6 Å². The third kappa shape index (κ3) is 5.70. The number of hydrogen-bond acceptors (Lipinski definition) is 4. The Bertz CT molecular complexity index is 997.